The number of hydrogen-bond acceptors (Lipinski definition) is 9. The largest absolute Gasteiger partial charge is 0.481 e. The normalized spacial score (nSPS) is 13.9. The average molecular weight is 604 g/mol. The highest BCUT2D eigenvalue weighted by atomic mass is 16.7. The van der Waals surface area contributed by atoms with Crippen LogP contribution in [0.2, 0.25) is 0 Å². The molecule has 4 N–H and O–H groups in total. The maximum atomic E-state index is 10.3. The number of carboxylic acids is 3. The molecule has 236 valence electrons. The van der Waals surface area contributed by atoms with Crippen molar-refractivity contribution in [3.8, 4) is 23.0 Å². The summed E-state index contributed by atoms with van der Waals surface area (Å²) >= 11 is 0. The lowest BCUT2D eigenvalue weighted by Crippen LogP contribution is -2.42. The van der Waals surface area contributed by atoms with Crippen molar-refractivity contribution in [3.05, 3.63) is 47.5 Å². The molecule has 0 saturated carbocycles. The van der Waals surface area contributed by atoms with Gasteiger partial charge in [0.05, 0.1) is 12.8 Å². The van der Waals surface area contributed by atoms with Gasteiger partial charge in [0.15, 0.2) is 28.6 Å². The van der Waals surface area contributed by atoms with Gasteiger partial charge in [0.1, 0.15) is 0 Å². The zero-order valence-electron chi connectivity index (χ0n) is 24.8. The van der Waals surface area contributed by atoms with E-state index in [-0.39, 0.29) is 0 Å². The van der Waals surface area contributed by atoms with Crippen molar-refractivity contribution >= 4 is 17.9 Å². The van der Waals surface area contributed by atoms with Crippen LogP contribution in [0.5, 0.6) is 23.0 Å². The first-order valence-corrected chi connectivity index (χ1v) is 14.2. The van der Waals surface area contributed by atoms with Crippen LogP contribution in [-0.4, -0.2) is 83.1 Å². The van der Waals surface area contributed by atoms with Gasteiger partial charge in [-0.05, 0) is 93.4 Å². The second kappa shape index (κ2) is 15.4. The van der Waals surface area contributed by atoms with Gasteiger partial charge in [0.25, 0.3) is 0 Å². The molecular weight excluding hydrogens is 562 g/mol. The number of carboxylic acid groups (broad SMARTS) is 3. The van der Waals surface area contributed by atoms with E-state index in [1.54, 1.807) is 0 Å². The number of hydrogen-bond donors (Lipinski definition) is 4. The van der Waals surface area contributed by atoms with Crippen LogP contribution >= 0.6 is 0 Å². The number of nitrogens with zero attached hydrogens (tertiary/aromatic N) is 1. The molecule has 12 heteroatoms. The van der Waals surface area contributed by atoms with E-state index in [1.165, 1.54) is 30.4 Å². The highest BCUT2D eigenvalue weighted by Gasteiger charge is 2.40. The topological polar surface area (TPSA) is 172 Å². The van der Waals surface area contributed by atoms with Gasteiger partial charge >= 0.3 is 17.9 Å². The maximum absolute atomic E-state index is 10.3. The van der Waals surface area contributed by atoms with Crippen LogP contribution in [0.25, 0.3) is 0 Å². The fraction of sp³-hybridized carbons (Fsp3) is 0.516. The molecule has 0 amide bonds. The summed E-state index contributed by atoms with van der Waals surface area (Å²) in [6, 6.07) is 12.7. The number of carbonyl (C=O) groups is 3. The number of aliphatic carboxylic acids is 3. The van der Waals surface area contributed by atoms with Crippen LogP contribution in [0, 0.1) is 11.8 Å². The number of ether oxygens (including phenoxy) is 4. The smallest absolute Gasteiger partial charge is 0.336 e. The highest BCUT2D eigenvalue weighted by molar-refractivity contribution is 5.88. The van der Waals surface area contributed by atoms with Crippen molar-refractivity contribution < 1.29 is 53.8 Å². The molecule has 0 aromatic heterocycles. The van der Waals surface area contributed by atoms with Crippen LogP contribution < -0.4 is 18.9 Å². The molecule has 0 aliphatic carbocycles. The van der Waals surface area contributed by atoms with Crippen molar-refractivity contribution in [1.82, 2.24) is 4.90 Å². The first kappa shape index (κ1) is 33.5. The molecule has 2 aliphatic heterocycles. The minimum absolute atomic E-state index is 0.332. The summed E-state index contributed by atoms with van der Waals surface area (Å²) in [7, 11) is 4.31. The first-order valence-electron chi connectivity index (χ1n) is 14.2. The lowest BCUT2D eigenvalue weighted by atomic mass is 9.86. The zero-order valence-corrected chi connectivity index (χ0v) is 24.8. The second-order valence-electron chi connectivity index (χ2n) is 11.4. The summed E-state index contributed by atoms with van der Waals surface area (Å²) in [5.74, 6) is -0.185. The molecule has 2 aliphatic rings. The molecule has 12 nitrogen and oxygen atoms in total. The van der Waals surface area contributed by atoms with Crippen molar-refractivity contribution in [3.63, 3.8) is 0 Å². The summed E-state index contributed by atoms with van der Waals surface area (Å²) in [6.07, 6.45) is 3.45. The lowest BCUT2D eigenvalue weighted by Gasteiger charge is -2.23. The number of aryl methyl sites for hydroxylation is 2. The van der Waals surface area contributed by atoms with E-state index >= 15 is 0 Å². The van der Waals surface area contributed by atoms with E-state index in [4.69, 9.17) is 39.4 Å². The summed E-state index contributed by atoms with van der Waals surface area (Å²) in [4.78, 5) is 32.8. The summed E-state index contributed by atoms with van der Waals surface area (Å²) in [5.41, 5.74) is -0.0855. The lowest BCUT2D eigenvalue weighted by molar-refractivity contribution is -0.170. The standard InChI is InChI=1S/C25H33NO4.C6H8O7/c1-18(15-26(2)3)12-19(4-6-20-8-10-22-24(13-20)29-16-27-22)5-7-21-9-11-23-25(14-21)30-17-28-23;7-3(8)1-6(13,5(11)12)2-4(9)10/h8-11,13-14,18-19H,4-7,12,15-17H2,1-3H3;13H,1-2H2,(H,7,8)(H,9,10)(H,11,12). The van der Waals surface area contributed by atoms with E-state index in [9.17, 15) is 14.4 Å². The molecule has 43 heavy (non-hydrogen) atoms. The predicted molar refractivity (Wildman–Crippen MR) is 155 cm³/mol. The third kappa shape index (κ3) is 10.6. The van der Waals surface area contributed by atoms with Crippen LogP contribution in [0.4, 0.5) is 0 Å². The molecule has 0 fully saturated rings. The Hall–Kier alpha value is -4.03. The second-order valence-corrected chi connectivity index (χ2v) is 11.4. The quantitative estimate of drug-likeness (QED) is 0.233. The molecule has 2 heterocycles. The Bertz CT molecular complexity index is 1180. The Balaban J connectivity index is 0.000000331. The van der Waals surface area contributed by atoms with Gasteiger partial charge in [0.2, 0.25) is 13.6 Å². The predicted octanol–water partition coefficient (Wildman–Crippen LogP) is 3.66. The van der Waals surface area contributed by atoms with E-state index in [0.29, 0.717) is 25.4 Å². The minimum atomic E-state index is -2.74. The third-order valence-electron chi connectivity index (χ3n) is 7.25. The van der Waals surface area contributed by atoms with Crippen molar-refractivity contribution in [1.29, 1.82) is 0 Å². The van der Waals surface area contributed by atoms with Gasteiger partial charge in [-0.2, -0.15) is 0 Å². The maximum Gasteiger partial charge on any atom is 0.336 e. The molecule has 2 aromatic rings. The van der Waals surface area contributed by atoms with Crippen LogP contribution in [0.1, 0.15) is 50.2 Å². The zero-order chi connectivity index (χ0) is 31.6. The fourth-order valence-electron chi connectivity index (χ4n) is 5.30. The molecule has 0 spiro atoms. The van der Waals surface area contributed by atoms with Crippen molar-refractivity contribution in [2.75, 3.05) is 34.2 Å². The molecule has 2 aromatic carbocycles. The van der Waals surface area contributed by atoms with Crippen LogP contribution in [-0.2, 0) is 27.2 Å². The first-order chi connectivity index (χ1) is 20.3. The van der Waals surface area contributed by atoms with E-state index in [0.717, 1.165) is 42.4 Å². The SMILES string of the molecule is CC(CC(CCc1ccc2c(c1)OCO2)CCc1ccc2c(c1)OCO2)CN(C)C.O=C(O)CC(O)(CC(=O)O)C(=O)O. The molecule has 1 unspecified atom stereocenters. The Morgan fingerprint density at radius 2 is 1.23 bits per heavy atom. The van der Waals surface area contributed by atoms with Gasteiger partial charge in [-0.25, -0.2) is 4.79 Å². The summed E-state index contributed by atoms with van der Waals surface area (Å²) in [6.45, 7) is 4.16. The molecule has 0 saturated heterocycles. The number of aliphatic hydroxyl groups is 1. The number of fused-ring (bicyclic) bond motifs is 2. The van der Waals surface area contributed by atoms with Crippen LogP contribution in [0.15, 0.2) is 36.4 Å². The van der Waals surface area contributed by atoms with Crippen molar-refractivity contribution in [2.24, 2.45) is 11.8 Å². The Morgan fingerprint density at radius 1 is 0.791 bits per heavy atom. The van der Waals surface area contributed by atoms with Crippen molar-refractivity contribution in [2.45, 2.75) is 57.5 Å². The van der Waals surface area contributed by atoms with Gasteiger partial charge in [0, 0.05) is 6.54 Å². The monoisotopic (exact) mass is 603 g/mol. The Kier molecular flexibility index (Phi) is 12.0. The fourth-order valence-corrected chi connectivity index (χ4v) is 5.30. The van der Waals surface area contributed by atoms with Gasteiger partial charge in [-0.1, -0.05) is 19.1 Å². The molecule has 4 rings (SSSR count). The van der Waals surface area contributed by atoms with Gasteiger partial charge < -0.3 is 44.3 Å². The van der Waals surface area contributed by atoms with Gasteiger partial charge in [-0.15, -0.1) is 0 Å². The minimum Gasteiger partial charge on any atom is -0.481 e. The van der Waals surface area contributed by atoms with E-state index in [1.807, 2.05) is 12.1 Å². The molecule has 0 radical (unpaired) electrons. The van der Waals surface area contributed by atoms with Gasteiger partial charge in [-0.3, -0.25) is 9.59 Å². The average Bonchev–Trinajstić information content (AvgIpc) is 3.58. The number of rotatable bonds is 15. The Morgan fingerprint density at radius 3 is 1.63 bits per heavy atom. The van der Waals surface area contributed by atoms with E-state index in [2.05, 4.69) is 50.2 Å². The molecular formula is C31H41NO11. The Labute approximate surface area is 250 Å². The highest BCUT2D eigenvalue weighted by Crippen LogP contribution is 2.35. The number of benzene rings is 2. The van der Waals surface area contributed by atoms with E-state index < -0.39 is 36.4 Å². The van der Waals surface area contributed by atoms with Crippen LogP contribution in [0.3, 0.4) is 0 Å². The molecule has 0 bridgehead atoms. The summed E-state index contributed by atoms with van der Waals surface area (Å²) < 4.78 is 22.0. The summed E-state index contributed by atoms with van der Waals surface area (Å²) in [5, 5.41) is 33.8. The molecule has 1 atom stereocenters. The third-order valence-corrected chi connectivity index (χ3v) is 7.25.